The summed E-state index contributed by atoms with van der Waals surface area (Å²) in [6, 6.07) is 10.2. The highest BCUT2D eigenvalue weighted by molar-refractivity contribution is 5.92. The minimum atomic E-state index is -0.583. The van der Waals surface area contributed by atoms with Gasteiger partial charge in [-0.3, -0.25) is 14.9 Å². The van der Waals surface area contributed by atoms with Crippen molar-refractivity contribution in [2.24, 2.45) is 0 Å². The highest BCUT2D eigenvalue weighted by atomic mass is 19.1. The summed E-state index contributed by atoms with van der Waals surface area (Å²) in [4.78, 5) is 16.3. The largest absolute Gasteiger partial charge is 0.487 e. The summed E-state index contributed by atoms with van der Waals surface area (Å²) in [5, 5.41) is 18.8. The van der Waals surface area contributed by atoms with E-state index in [0.717, 1.165) is 0 Å². The van der Waals surface area contributed by atoms with Crippen molar-refractivity contribution < 1.29 is 19.0 Å². The maximum absolute atomic E-state index is 13.1. The predicted octanol–water partition coefficient (Wildman–Crippen LogP) is 1.99. The number of pyridine rings is 1. The molecule has 0 spiro atoms. The van der Waals surface area contributed by atoms with Crippen molar-refractivity contribution in [1.82, 2.24) is 20.5 Å². The van der Waals surface area contributed by atoms with Crippen LogP contribution in [0.2, 0.25) is 0 Å². The molecule has 0 aliphatic carbocycles. The summed E-state index contributed by atoms with van der Waals surface area (Å²) in [6.07, 6.45) is 3.18. The molecule has 0 unspecified atom stereocenters. The van der Waals surface area contributed by atoms with Gasteiger partial charge in [0.25, 0.3) is 5.91 Å². The number of halogens is 1. The summed E-state index contributed by atoms with van der Waals surface area (Å²) in [6.45, 7) is -0.160. The molecule has 8 heteroatoms. The first-order chi connectivity index (χ1) is 12.7. The summed E-state index contributed by atoms with van der Waals surface area (Å²) in [5.41, 5.74) is 1.40. The van der Waals surface area contributed by atoms with Crippen molar-refractivity contribution in [3.63, 3.8) is 0 Å². The molecule has 1 atom stereocenters. The predicted molar refractivity (Wildman–Crippen MR) is 90.8 cm³/mol. The molecule has 1 amide bonds. The lowest BCUT2D eigenvalue weighted by molar-refractivity contribution is 0.0911. The van der Waals surface area contributed by atoms with Crippen LogP contribution in [-0.4, -0.2) is 32.8 Å². The van der Waals surface area contributed by atoms with Crippen molar-refractivity contribution >= 4 is 5.91 Å². The number of carbonyl (C=O) groups is 1. The van der Waals surface area contributed by atoms with Crippen LogP contribution >= 0.6 is 0 Å². The average Bonchev–Trinajstić information content (AvgIpc) is 3.14. The standard InChI is InChI=1S/C18H17FN4O3/c19-13-4-1-5-15(7-13)26-11-14-8-16(23-22-14)18(25)21-17(10-24)12-3-2-6-20-9-12/h1-9,17,24H,10-11H2,(H,21,25)(H,22,23)/t17-/m1/s1. The van der Waals surface area contributed by atoms with Gasteiger partial charge in [0.05, 0.1) is 18.3 Å². The van der Waals surface area contributed by atoms with Crippen LogP contribution in [0.3, 0.4) is 0 Å². The lowest BCUT2D eigenvalue weighted by Gasteiger charge is -2.15. The fourth-order valence-corrected chi connectivity index (χ4v) is 2.32. The number of nitrogens with one attached hydrogen (secondary N) is 2. The Balaban J connectivity index is 1.60. The van der Waals surface area contributed by atoms with E-state index in [0.29, 0.717) is 17.0 Å². The lowest BCUT2D eigenvalue weighted by Crippen LogP contribution is -2.31. The van der Waals surface area contributed by atoms with E-state index in [9.17, 15) is 14.3 Å². The molecule has 2 heterocycles. The van der Waals surface area contributed by atoms with Crippen LogP contribution in [0.4, 0.5) is 4.39 Å². The molecule has 134 valence electrons. The van der Waals surface area contributed by atoms with Gasteiger partial charge in [-0.15, -0.1) is 0 Å². The lowest BCUT2D eigenvalue weighted by atomic mass is 10.1. The molecule has 3 aromatic rings. The number of H-pyrrole nitrogens is 1. The van der Waals surface area contributed by atoms with Crippen LogP contribution in [0.25, 0.3) is 0 Å². The van der Waals surface area contributed by atoms with Gasteiger partial charge in [0.2, 0.25) is 0 Å². The maximum atomic E-state index is 13.1. The zero-order chi connectivity index (χ0) is 18.4. The molecule has 3 N–H and O–H groups in total. The van der Waals surface area contributed by atoms with E-state index >= 15 is 0 Å². The maximum Gasteiger partial charge on any atom is 0.272 e. The van der Waals surface area contributed by atoms with Crippen molar-refractivity contribution in [3.05, 3.63) is 77.6 Å². The molecule has 26 heavy (non-hydrogen) atoms. The molecular formula is C18H17FN4O3. The molecule has 0 fully saturated rings. The third-order valence-electron chi connectivity index (χ3n) is 3.63. The minimum Gasteiger partial charge on any atom is -0.487 e. The molecule has 1 aromatic carbocycles. The minimum absolute atomic E-state index is 0.107. The van der Waals surface area contributed by atoms with Crippen molar-refractivity contribution in [1.29, 1.82) is 0 Å². The van der Waals surface area contributed by atoms with E-state index in [-0.39, 0.29) is 18.9 Å². The third kappa shape index (κ3) is 4.42. The number of aromatic amines is 1. The van der Waals surface area contributed by atoms with E-state index in [1.807, 2.05) is 0 Å². The van der Waals surface area contributed by atoms with E-state index in [1.165, 1.54) is 18.2 Å². The molecule has 0 radical (unpaired) electrons. The summed E-state index contributed by atoms with van der Waals surface area (Å²) >= 11 is 0. The Labute approximate surface area is 148 Å². The zero-order valence-electron chi connectivity index (χ0n) is 13.7. The molecule has 0 saturated heterocycles. The van der Waals surface area contributed by atoms with Crippen molar-refractivity contribution in [2.45, 2.75) is 12.6 Å². The number of hydrogen-bond donors (Lipinski definition) is 3. The number of nitrogens with zero attached hydrogens (tertiary/aromatic N) is 2. The van der Waals surface area contributed by atoms with Crippen LogP contribution in [-0.2, 0) is 6.61 Å². The van der Waals surface area contributed by atoms with Crippen LogP contribution in [0.5, 0.6) is 5.75 Å². The summed E-state index contributed by atoms with van der Waals surface area (Å²) in [7, 11) is 0. The number of aromatic nitrogens is 3. The second-order valence-corrected chi connectivity index (χ2v) is 5.52. The first kappa shape index (κ1) is 17.6. The quantitative estimate of drug-likeness (QED) is 0.601. The molecule has 0 saturated carbocycles. The number of carbonyl (C=O) groups excluding carboxylic acids is 1. The monoisotopic (exact) mass is 356 g/mol. The molecular weight excluding hydrogens is 339 g/mol. The summed E-state index contributed by atoms with van der Waals surface area (Å²) < 4.78 is 18.6. The second kappa shape index (κ2) is 8.21. The number of hydrogen-bond acceptors (Lipinski definition) is 5. The Morgan fingerprint density at radius 3 is 2.92 bits per heavy atom. The molecule has 7 nitrogen and oxygen atoms in total. The van der Waals surface area contributed by atoms with Gasteiger partial charge in [0, 0.05) is 18.5 Å². The van der Waals surface area contributed by atoms with Crippen LogP contribution in [0.15, 0.2) is 54.9 Å². The highest BCUT2D eigenvalue weighted by Gasteiger charge is 2.17. The third-order valence-corrected chi connectivity index (χ3v) is 3.63. The van der Waals surface area contributed by atoms with Gasteiger partial charge < -0.3 is 15.2 Å². The van der Waals surface area contributed by atoms with Crippen molar-refractivity contribution in [2.75, 3.05) is 6.61 Å². The summed E-state index contributed by atoms with van der Waals surface area (Å²) in [5.74, 6) is -0.457. The SMILES string of the molecule is O=C(N[C@H](CO)c1cccnc1)c1cc(COc2cccc(F)c2)[nH]n1. The fraction of sp³-hybridized carbons (Fsp3) is 0.167. The number of aliphatic hydroxyl groups is 1. The van der Waals surface area contributed by atoms with Crippen LogP contribution < -0.4 is 10.1 Å². The molecule has 0 bridgehead atoms. The number of rotatable bonds is 7. The Morgan fingerprint density at radius 1 is 1.31 bits per heavy atom. The van der Waals surface area contributed by atoms with E-state index < -0.39 is 17.8 Å². The van der Waals surface area contributed by atoms with Gasteiger partial charge in [0.1, 0.15) is 23.9 Å². The molecule has 2 aromatic heterocycles. The van der Waals surface area contributed by atoms with E-state index in [2.05, 4.69) is 20.5 Å². The van der Waals surface area contributed by atoms with Gasteiger partial charge in [-0.05, 0) is 29.8 Å². The first-order valence-electron chi connectivity index (χ1n) is 7.90. The van der Waals surface area contributed by atoms with Crippen LogP contribution in [0.1, 0.15) is 27.8 Å². The zero-order valence-corrected chi connectivity index (χ0v) is 13.7. The second-order valence-electron chi connectivity index (χ2n) is 5.52. The number of ether oxygens (including phenoxy) is 1. The fourth-order valence-electron chi connectivity index (χ4n) is 2.32. The molecule has 0 aliphatic heterocycles. The Bertz CT molecular complexity index is 870. The first-order valence-corrected chi connectivity index (χ1v) is 7.90. The van der Waals surface area contributed by atoms with Crippen molar-refractivity contribution in [3.8, 4) is 5.75 Å². The highest BCUT2D eigenvalue weighted by Crippen LogP contribution is 2.15. The Morgan fingerprint density at radius 2 is 2.19 bits per heavy atom. The van der Waals surface area contributed by atoms with Gasteiger partial charge in [-0.2, -0.15) is 5.10 Å². The average molecular weight is 356 g/mol. The Kier molecular flexibility index (Phi) is 5.55. The van der Waals surface area contributed by atoms with Gasteiger partial charge in [-0.1, -0.05) is 12.1 Å². The van der Waals surface area contributed by atoms with Gasteiger partial charge in [0.15, 0.2) is 0 Å². The topological polar surface area (TPSA) is 100 Å². The van der Waals surface area contributed by atoms with E-state index in [1.54, 1.807) is 36.7 Å². The van der Waals surface area contributed by atoms with Crippen LogP contribution in [0, 0.1) is 5.82 Å². The number of aliphatic hydroxyl groups excluding tert-OH is 1. The number of amides is 1. The van der Waals surface area contributed by atoms with Gasteiger partial charge >= 0.3 is 0 Å². The molecule has 0 aliphatic rings. The normalized spacial score (nSPS) is 11.8. The Hall–Kier alpha value is -3.26. The molecule has 3 rings (SSSR count). The smallest absolute Gasteiger partial charge is 0.272 e. The number of benzene rings is 1. The van der Waals surface area contributed by atoms with E-state index in [4.69, 9.17) is 4.74 Å². The van der Waals surface area contributed by atoms with Gasteiger partial charge in [-0.25, -0.2) is 4.39 Å².